The number of halogens is 2. The number of anilines is 1. The van der Waals surface area contributed by atoms with Crippen molar-refractivity contribution in [2.45, 2.75) is 82.5 Å². The number of carbonyl (C=O) groups is 1. The summed E-state index contributed by atoms with van der Waals surface area (Å²) in [6.07, 6.45) is 7.38. The molecule has 0 radical (unpaired) electrons. The van der Waals surface area contributed by atoms with Gasteiger partial charge in [-0.15, -0.1) is 0 Å². The third-order valence-corrected chi connectivity index (χ3v) is 10.4. The highest BCUT2D eigenvalue weighted by Gasteiger charge is 2.46. The van der Waals surface area contributed by atoms with Crippen LogP contribution in [0.5, 0.6) is 6.01 Å². The van der Waals surface area contributed by atoms with Crippen LogP contribution in [0.4, 0.5) is 19.4 Å². The van der Waals surface area contributed by atoms with Gasteiger partial charge in [-0.05, 0) is 95.3 Å². The highest BCUT2D eigenvalue weighted by atomic mass is 19.1. The standard InChI is InChI=1S/C36H40F2N6O3/c1-35(2,3)47-34(45)44-24-11-12-25(44)20-42(19-24)32-28-18-39-30(26-8-4-7-22-9-10-23(37)17-27(22)26)29(38)31(28)40-33(41-32)46-21-36-13-5-15-43(36)16-6-14-36/h4,7-10,17-18,24-25H,5-6,11-16,19-21H2,1-3H3. The van der Waals surface area contributed by atoms with E-state index in [1.165, 1.54) is 12.1 Å². The average molecular weight is 643 g/mol. The summed E-state index contributed by atoms with van der Waals surface area (Å²) in [5.74, 6) is -0.469. The van der Waals surface area contributed by atoms with Crippen LogP contribution in [-0.2, 0) is 4.74 Å². The summed E-state index contributed by atoms with van der Waals surface area (Å²) < 4.78 is 43.2. The third kappa shape index (κ3) is 5.32. The second kappa shape index (κ2) is 11.2. The molecule has 2 aromatic heterocycles. The van der Waals surface area contributed by atoms with Gasteiger partial charge in [-0.3, -0.25) is 14.8 Å². The van der Waals surface area contributed by atoms with E-state index in [4.69, 9.17) is 14.5 Å². The Morgan fingerprint density at radius 2 is 1.74 bits per heavy atom. The fourth-order valence-electron chi connectivity index (χ4n) is 8.31. The zero-order chi connectivity index (χ0) is 32.5. The molecule has 4 saturated heterocycles. The van der Waals surface area contributed by atoms with E-state index in [0.29, 0.717) is 41.9 Å². The number of fused-ring (bicyclic) bond motifs is 5. The van der Waals surface area contributed by atoms with Crippen molar-refractivity contribution in [3.8, 4) is 17.3 Å². The molecule has 9 nitrogen and oxygen atoms in total. The first-order valence-electron chi connectivity index (χ1n) is 16.8. The predicted octanol–water partition coefficient (Wildman–Crippen LogP) is 6.72. The van der Waals surface area contributed by atoms with Crippen molar-refractivity contribution < 1.29 is 23.0 Å². The van der Waals surface area contributed by atoms with Crippen LogP contribution in [0, 0.1) is 11.6 Å². The number of aromatic nitrogens is 3. The molecular weight excluding hydrogens is 602 g/mol. The Bertz CT molecular complexity index is 1860. The zero-order valence-corrected chi connectivity index (χ0v) is 27.1. The molecule has 0 spiro atoms. The third-order valence-electron chi connectivity index (χ3n) is 10.4. The highest BCUT2D eigenvalue weighted by molar-refractivity contribution is 5.99. The molecule has 0 saturated carbocycles. The highest BCUT2D eigenvalue weighted by Crippen LogP contribution is 2.41. The van der Waals surface area contributed by atoms with Gasteiger partial charge < -0.3 is 14.4 Å². The summed E-state index contributed by atoms with van der Waals surface area (Å²) in [6.45, 7) is 9.22. The molecule has 2 bridgehead atoms. The molecule has 4 aliphatic rings. The van der Waals surface area contributed by atoms with Gasteiger partial charge in [0.25, 0.3) is 0 Å². The van der Waals surface area contributed by atoms with Gasteiger partial charge >= 0.3 is 12.1 Å². The van der Waals surface area contributed by atoms with Crippen LogP contribution >= 0.6 is 0 Å². The molecule has 0 aliphatic carbocycles. The number of nitrogens with zero attached hydrogens (tertiary/aromatic N) is 6. The van der Waals surface area contributed by atoms with Crippen molar-refractivity contribution >= 4 is 33.6 Å². The van der Waals surface area contributed by atoms with Crippen LogP contribution in [0.15, 0.2) is 42.6 Å². The van der Waals surface area contributed by atoms with Crippen molar-refractivity contribution in [1.29, 1.82) is 0 Å². The van der Waals surface area contributed by atoms with Crippen molar-refractivity contribution in [3.05, 3.63) is 54.2 Å². The number of amides is 1. The molecule has 4 fully saturated rings. The molecule has 47 heavy (non-hydrogen) atoms. The Kier molecular flexibility index (Phi) is 7.23. The van der Waals surface area contributed by atoms with E-state index >= 15 is 4.39 Å². The maximum Gasteiger partial charge on any atom is 0.410 e. The van der Waals surface area contributed by atoms with Crippen LogP contribution in [0.1, 0.15) is 59.3 Å². The smallest absolute Gasteiger partial charge is 0.410 e. The molecule has 2 atom stereocenters. The minimum atomic E-state index is -0.607. The Morgan fingerprint density at radius 1 is 1.00 bits per heavy atom. The SMILES string of the molecule is CC(C)(C)OC(=O)N1C2CCC1CN(c1nc(OCC34CCCN3CCC4)nc3c(F)c(-c4cccc5ccc(F)cc45)ncc13)C2. The molecule has 4 aliphatic heterocycles. The van der Waals surface area contributed by atoms with Crippen LogP contribution in [0.25, 0.3) is 32.9 Å². The van der Waals surface area contributed by atoms with Crippen LogP contribution in [0.3, 0.4) is 0 Å². The topological polar surface area (TPSA) is 83.9 Å². The van der Waals surface area contributed by atoms with Crippen molar-refractivity contribution in [2.24, 2.45) is 0 Å². The van der Waals surface area contributed by atoms with E-state index in [-0.39, 0.29) is 40.9 Å². The Hall–Kier alpha value is -4.12. The lowest BCUT2D eigenvalue weighted by Crippen LogP contribution is -2.57. The van der Waals surface area contributed by atoms with E-state index in [1.807, 2.05) is 37.8 Å². The summed E-state index contributed by atoms with van der Waals surface area (Å²) in [4.78, 5) is 33.8. The second-order valence-corrected chi connectivity index (χ2v) is 14.6. The van der Waals surface area contributed by atoms with E-state index < -0.39 is 17.2 Å². The number of hydrogen-bond acceptors (Lipinski definition) is 8. The zero-order valence-electron chi connectivity index (χ0n) is 27.1. The number of piperazine rings is 1. The van der Waals surface area contributed by atoms with Gasteiger partial charge in [0.15, 0.2) is 5.82 Å². The predicted molar refractivity (Wildman–Crippen MR) is 176 cm³/mol. The molecule has 8 rings (SSSR count). The number of carbonyl (C=O) groups excluding carboxylic acids is 1. The lowest BCUT2D eigenvalue weighted by molar-refractivity contribution is 0.0122. The molecule has 2 unspecified atom stereocenters. The summed E-state index contributed by atoms with van der Waals surface area (Å²) >= 11 is 0. The Balaban J connectivity index is 1.20. The molecule has 2 aromatic carbocycles. The number of benzene rings is 2. The number of ether oxygens (including phenoxy) is 2. The van der Waals surface area contributed by atoms with Gasteiger partial charge in [0.05, 0.1) is 23.0 Å². The lowest BCUT2D eigenvalue weighted by atomic mass is 9.95. The van der Waals surface area contributed by atoms with Crippen LogP contribution in [0.2, 0.25) is 0 Å². The second-order valence-electron chi connectivity index (χ2n) is 14.6. The van der Waals surface area contributed by atoms with E-state index in [9.17, 15) is 9.18 Å². The normalized spacial score (nSPS) is 22.3. The first-order chi connectivity index (χ1) is 22.6. The van der Waals surface area contributed by atoms with Gasteiger partial charge in [0, 0.05) is 24.8 Å². The number of pyridine rings is 1. The lowest BCUT2D eigenvalue weighted by Gasteiger charge is -2.42. The van der Waals surface area contributed by atoms with E-state index in [1.54, 1.807) is 18.3 Å². The minimum Gasteiger partial charge on any atom is -0.461 e. The van der Waals surface area contributed by atoms with Gasteiger partial charge in [-0.1, -0.05) is 24.3 Å². The summed E-state index contributed by atoms with van der Waals surface area (Å²) in [5.41, 5.74) is 0.0613. The van der Waals surface area contributed by atoms with Crippen molar-refractivity contribution in [1.82, 2.24) is 24.8 Å². The maximum absolute atomic E-state index is 16.8. The van der Waals surface area contributed by atoms with Gasteiger partial charge in [0.1, 0.15) is 35.1 Å². The van der Waals surface area contributed by atoms with Gasteiger partial charge in [0.2, 0.25) is 0 Å². The molecule has 0 N–H and O–H groups in total. The minimum absolute atomic E-state index is 0.0361. The fraction of sp³-hybridized carbons (Fsp3) is 0.500. The Morgan fingerprint density at radius 3 is 2.47 bits per heavy atom. The molecule has 11 heteroatoms. The molecule has 6 heterocycles. The van der Waals surface area contributed by atoms with Crippen molar-refractivity contribution in [2.75, 3.05) is 37.7 Å². The summed E-state index contributed by atoms with van der Waals surface area (Å²) in [5, 5.41) is 1.82. The van der Waals surface area contributed by atoms with Gasteiger partial charge in [-0.25, -0.2) is 13.6 Å². The fourth-order valence-corrected chi connectivity index (χ4v) is 8.31. The summed E-state index contributed by atoms with van der Waals surface area (Å²) in [6, 6.07) is 9.91. The first kappa shape index (κ1) is 30.2. The monoisotopic (exact) mass is 642 g/mol. The number of hydrogen-bond donors (Lipinski definition) is 0. The molecule has 246 valence electrons. The largest absolute Gasteiger partial charge is 0.461 e. The Labute approximate surface area is 272 Å². The van der Waals surface area contributed by atoms with E-state index in [0.717, 1.165) is 57.0 Å². The first-order valence-corrected chi connectivity index (χ1v) is 16.8. The number of rotatable bonds is 5. The summed E-state index contributed by atoms with van der Waals surface area (Å²) in [7, 11) is 0. The van der Waals surface area contributed by atoms with Crippen LogP contribution < -0.4 is 9.64 Å². The molecule has 4 aromatic rings. The average Bonchev–Trinajstić information content (AvgIpc) is 3.70. The quantitative estimate of drug-likeness (QED) is 0.237. The van der Waals surface area contributed by atoms with Gasteiger partial charge in [-0.2, -0.15) is 9.97 Å². The van der Waals surface area contributed by atoms with E-state index in [2.05, 4.69) is 19.8 Å². The van der Waals surface area contributed by atoms with Crippen LogP contribution in [-0.4, -0.2) is 86.9 Å². The molecule has 1 amide bonds. The molecular formula is C36H40F2N6O3. The van der Waals surface area contributed by atoms with Crippen molar-refractivity contribution in [3.63, 3.8) is 0 Å². The maximum atomic E-state index is 16.8.